The molecule has 4 aromatic heterocycles. The Morgan fingerprint density at radius 3 is 2.73 bits per heavy atom. The Hall–Kier alpha value is -4.00. The zero-order chi connectivity index (χ0) is 26.1. The molecule has 1 amide bonds. The zero-order valence-corrected chi connectivity index (χ0v) is 20.6. The van der Waals surface area contributed by atoms with Crippen LogP contribution in [0.15, 0.2) is 49.2 Å². The summed E-state index contributed by atoms with van der Waals surface area (Å²) in [5.74, 6) is 0.330. The molecule has 192 valence electrons. The molecule has 4 atom stereocenters. The maximum Gasteiger partial charge on any atom is 0.252 e. The molecular formula is C25H28N8O4. The van der Waals surface area contributed by atoms with E-state index in [-0.39, 0.29) is 6.04 Å². The number of anilines is 1. The zero-order valence-electron chi connectivity index (χ0n) is 20.6. The number of pyridine rings is 2. The lowest BCUT2D eigenvalue weighted by Crippen LogP contribution is -2.45. The molecule has 0 saturated carbocycles. The number of fused-ring (bicyclic) bond motifs is 1. The average Bonchev–Trinajstić information content (AvgIpc) is 3.43. The number of imidazole rings is 1. The maximum absolute atomic E-state index is 12.6. The van der Waals surface area contributed by atoms with Crippen molar-refractivity contribution in [3.8, 4) is 11.4 Å². The van der Waals surface area contributed by atoms with Gasteiger partial charge in [-0.3, -0.25) is 19.3 Å². The number of aliphatic hydroxyl groups excluding tert-OH is 2. The summed E-state index contributed by atoms with van der Waals surface area (Å²) >= 11 is 0. The minimum absolute atomic E-state index is 0.153. The summed E-state index contributed by atoms with van der Waals surface area (Å²) in [6.45, 7) is 5.92. The Morgan fingerprint density at radius 1 is 1.16 bits per heavy atom. The second-order valence-electron chi connectivity index (χ2n) is 9.24. The summed E-state index contributed by atoms with van der Waals surface area (Å²) in [5, 5.41) is 27.4. The van der Waals surface area contributed by atoms with E-state index in [1.54, 1.807) is 32.4 Å². The Kier molecular flexibility index (Phi) is 6.78. The van der Waals surface area contributed by atoms with Crippen molar-refractivity contribution in [2.24, 2.45) is 0 Å². The van der Waals surface area contributed by atoms with Gasteiger partial charge in [-0.1, -0.05) is 6.07 Å². The fraction of sp³-hybridized carbons (Fsp3) is 0.360. The molecule has 1 fully saturated rings. The van der Waals surface area contributed by atoms with Crippen LogP contribution >= 0.6 is 0 Å². The van der Waals surface area contributed by atoms with Crippen LogP contribution in [-0.2, 0) is 16.1 Å². The van der Waals surface area contributed by atoms with Gasteiger partial charge in [0.05, 0.1) is 18.6 Å². The predicted molar refractivity (Wildman–Crippen MR) is 134 cm³/mol. The van der Waals surface area contributed by atoms with Crippen LogP contribution in [0.25, 0.3) is 22.6 Å². The molecule has 1 saturated heterocycles. The van der Waals surface area contributed by atoms with Gasteiger partial charge in [0.2, 0.25) is 0 Å². The number of amides is 1. The smallest absolute Gasteiger partial charge is 0.252 e. The molecule has 0 spiro atoms. The van der Waals surface area contributed by atoms with Crippen LogP contribution in [0.4, 0.5) is 5.82 Å². The van der Waals surface area contributed by atoms with Gasteiger partial charge in [-0.2, -0.15) is 0 Å². The van der Waals surface area contributed by atoms with E-state index in [0.717, 1.165) is 11.3 Å². The number of aromatic nitrogens is 6. The highest BCUT2D eigenvalue weighted by molar-refractivity contribution is 5.85. The largest absolute Gasteiger partial charge is 0.387 e. The molecule has 37 heavy (non-hydrogen) atoms. The third-order valence-corrected chi connectivity index (χ3v) is 5.92. The molecule has 5 heterocycles. The second kappa shape index (κ2) is 10.2. The first-order valence-electron chi connectivity index (χ1n) is 11.9. The Labute approximate surface area is 212 Å². The standard InChI is InChI=1S/C25H28N8O4/c1-13(2)30-24(36)20-18(34)19(35)25(37-20)33-12-29-17-22(28-11-16-6-4-5-7-27-16)31-21(32-23(17)33)15-8-14(3)9-26-10-15/h4-10,12-13,18-20,25,34-35H,11H2,1-3H3,(H,30,36)(H,28,31,32)/t18-,19+,20-,25+/m0/s1. The maximum atomic E-state index is 12.6. The molecule has 0 bridgehead atoms. The molecule has 4 N–H and O–H groups in total. The highest BCUT2D eigenvalue weighted by Gasteiger charge is 2.48. The highest BCUT2D eigenvalue weighted by Crippen LogP contribution is 2.33. The normalized spacial score (nSPS) is 21.5. The van der Waals surface area contributed by atoms with Crippen molar-refractivity contribution in [2.45, 2.75) is 57.9 Å². The Balaban J connectivity index is 1.55. The van der Waals surface area contributed by atoms with Crippen LogP contribution < -0.4 is 10.6 Å². The quantitative estimate of drug-likeness (QED) is 0.289. The summed E-state index contributed by atoms with van der Waals surface area (Å²) in [6.07, 6.45) is 1.41. The second-order valence-corrected chi connectivity index (χ2v) is 9.24. The fourth-order valence-electron chi connectivity index (χ4n) is 4.18. The van der Waals surface area contributed by atoms with Crippen molar-refractivity contribution in [3.05, 3.63) is 60.4 Å². The molecular weight excluding hydrogens is 476 g/mol. The molecule has 0 unspecified atom stereocenters. The number of ether oxygens (including phenoxy) is 1. The number of carbonyl (C=O) groups excluding carboxylic acids is 1. The first-order chi connectivity index (χ1) is 17.8. The number of carbonyl (C=O) groups is 1. The van der Waals surface area contributed by atoms with Crippen molar-refractivity contribution in [1.82, 2.24) is 34.8 Å². The third-order valence-electron chi connectivity index (χ3n) is 5.92. The lowest BCUT2D eigenvalue weighted by molar-refractivity contribution is -0.138. The van der Waals surface area contributed by atoms with E-state index in [0.29, 0.717) is 34.9 Å². The van der Waals surface area contributed by atoms with E-state index in [1.165, 1.54) is 10.9 Å². The van der Waals surface area contributed by atoms with Crippen molar-refractivity contribution in [1.29, 1.82) is 0 Å². The molecule has 12 heteroatoms. The van der Waals surface area contributed by atoms with Gasteiger partial charge in [-0.05, 0) is 44.5 Å². The Bertz CT molecular complexity index is 1410. The summed E-state index contributed by atoms with van der Waals surface area (Å²) < 4.78 is 7.35. The van der Waals surface area contributed by atoms with Crippen LogP contribution in [0.3, 0.4) is 0 Å². The van der Waals surface area contributed by atoms with Gasteiger partial charge in [-0.15, -0.1) is 0 Å². The van der Waals surface area contributed by atoms with Crippen LogP contribution in [0.1, 0.15) is 31.3 Å². The van der Waals surface area contributed by atoms with Crippen LogP contribution in [0.2, 0.25) is 0 Å². The molecule has 0 radical (unpaired) electrons. The highest BCUT2D eigenvalue weighted by atomic mass is 16.6. The summed E-state index contributed by atoms with van der Waals surface area (Å²) in [6, 6.07) is 7.39. The van der Waals surface area contributed by atoms with E-state index in [4.69, 9.17) is 14.7 Å². The SMILES string of the molecule is Cc1cncc(-c2nc(NCc3ccccn3)c3ncn([C@@H]4O[C@H](C(=O)NC(C)C)[C@@H](O)[C@H]4O)c3n2)c1. The lowest BCUT2D eigenvalue weighted by atomic mass is 10.1. The topological polar surface area (TPSA) is 160 Å². The van der Waals surface area contributed by atoms with Gasteiger partial charge >= 0.3 is 0 Å². The number of rotatable bonds is 7. The first kappa shape index (κ1) is 24.7. The summed E-state index contributed by atoms with van der Waals surface area (Å²) in [4.78, 5) is 35.0. The van der Waals surface area contributed by atoms with E-state index < -0.39 is 30.4 Å². The third kappa shape index (κ3) is 4.99. The van der Waals surface area contributed by atoms with Crippen molar-refractivity contribution < 1.29 is 19.7 Å². The fourth-order valence-corrected chi connectivity index (χ4v) is 4.18. The van der Waals surface area contributed by atoms with Gasteiger partial charge in [0.15, 0.2) is 35.1 Å². The Morgan fingerprint density at radius 2 is 2.00 bits per heavy atom. The molecule has 5 rings (SSSR count). The van der Waals surface area contributed by atoms with Gasteiger partial charge in [0.1, 0.15) is 12.2 Å². The van der Waals surface area contributed by atoms with E-state index in [1.807, 2.05) is 31.2 Å². The van der Waals surface area contributed by atoms with Crippen molar-refractivity contribution in [3.63, 3.8) is 0 Å². The van der Waals surface area contributed by atoms with Crippen LogP contribution in [0, 0.1) is 6.92 Å². The number of hydrogen-bond acceptors (Lipinski definition) is 10. The number of aryl methyl sites for hydroxylation is 1. The molecule has 0 aliphatic carbocycles. The van der Waals surface area contributed by atoms with Gasteiger partial charge in [0, 0.05) is 30.2 Å². The van der Waals surface area contributed by atoms with E-state index in [2.05, 4.69) is 25.6 Å². The minimum Gasteiger partial charge on any atom is -0.387 e. The molecule has 1 aliphatic heterocycles. The number of aliphatic hydroxyl groups is 2. The molecule has 1 aliphatic rings. The lowest BCUT2D eigenvalue weighted by Gasteiger charge is -2.17. The molecule has 4 aromatic rings. The van der Waals surface area contributed by atoms with Gasteiger partial charge in [0.25, 0.3) is 5.91 Å². The average molecular weight is 505 g/mol. The van der Waals surface area contributed by atoms with Crippen LogP contribution in [0.5, 0.6) is 0 Å². The summed E-state index contributed by atoms with van der Waals surface area (Å²) in [7, 11) is 0. The van der Waals surface area contributed by atoms with Crippen LogP contribution in [-0.4, -0.2) is 70.0 Å². The number of nitrogens with zero attached hydrogens (tertiary/aromatic N) is 6. The van der Waals surface area contributed by atoms with E-state index in [9.17, 15) is 15.0 Å². The van der Waals surface area contributed by atoms with E-state index >= 15 is 0 Å². The monoisotopic (exact) mass is 504 g/mol. The van der Waals surface area contributed by atoms with Crippen molar-refractivity contribution in [2.75, 3.05) is 5.32 Å². The van der Waals surface area contributed by atoms with Gasteiger partial charge in [-0.25, -0.2) is 15.0 Å². The van der Waals surface area contributed by atoms with Gasteiger partial charge < -0.3 is 25.6 Å². The number of nitrogens with one attached hydrogen (secondary N) is 2. The molecule has 12 nitrogen and oxygen atoms in total. The summed E-state index contributed by atoms with van der Waals surface area (Å²) in [5.41, 5.74) is 3.23. The van der Waals surface area contributed by atoms with Crippen molar-refractivity contribution >= 4 is 22.9 Å². The minimum atomic E-state index is -1.43. The predicted octanol–water partition coefficient (Wildman–Crippen LogP) is 1.35. The molecule has 0 aromatic carbocycles. The first-order valence-corrected chi connectivity index (χ1v) is 11.9. The number of hydrogen-bond donors (Lipinski definition) is 4.